The van der Waals surface area contributed by atoms with Gasteiger partial charge in [0.15, 0.2) is 0 Å². The molecule has 1 N–H and O–H groups in total. The molecule has 0 bridgehead atoms. The molecule has 0 radical (unpaired) electrons. The fraction of sp³-hybridized carbons (Fsp3) is 0. The molecule has 0 heterocycles. The molecule has 0 atom stereocenters. The number of hydrogen-bond donors (Lipinski definition) is 1. The largest absolute Gasteiger partial charge is 0.478 e. The number of nitriles is 1. The van der Waals surface area contributed by atoms with E-state index in [1.54, 1.807) is 24.3 Å². The maximum Gasteiger partial charge on any atom is 0.335 e. The Morgan fingerprint density at radius 1 is 1.11 bits per heavy atom. The van der Waals surface area contributed by atoms with E-state index in [1.165, 1.54) is 12.1 Å². The van der Waals surface area contributed by atoms with Gasteiger partial charge < -0.3 is 5.11 Å². The lowest BCUT2D eigenvalue weighted by Gasteiger charge is -2.06. The average molecular weight is 292 g/mol. The lowest BCUT2D eigenvalue weighted by Crippen LogP contribution is -1.96. The number of carboxylic acid groups (broad SMARTS) is 1. The predicted molar refractivity (Wildman–Crippen MR) is 73.6 cm³/mol. The van der Waals surface area contributed by atoms with Crippen LogP contribution >= 0.6 is 23.2 Å². The maximum atomic E-state index is 11.0. The van der Waals surface area contributed by atoms with E-state index in [2.05, 4.69) is 0 Å². The van der Waals surface area contributed by atoms with Crippen LogP contribution in [0.2, 0.25) is 10.0 Å². The fourth-order valence-corrected chi connectivity index (χ4v) is 2.07. The number of carbonyl (C=O) groups is 1. The number of rotatable bonds is 2. The van der Waals surface area contributed by atoms with E-state index in [9.17, 15) is 4.79 Å². The van der Waals surface area contributed by atoms with Crippen molar-refractivity contribution >= 4 is 29.2 Å². The third kappa shape index (κ3) is 2.87. The van der Waals surface area contributed by atoms with Crippen molar-refractivity contribution in [2.75, 3.05) is 0 Å². The quantitative estimate of drug-likeness (QED) is 0.901. The zero-order valence-corrected chi connectivity index (χ0v) is 11.0. The first kappa shape index (κ1) is 13.4. The Labute approximate surface area is 119 Å². The summed E-state index contributed by atoms with van der Waals surface area (Å²) < 4.78 is 0. The van der Waals surface area contributed by atoms with E-state index >= 15 is 0 Å². The topological polar surface area (TPSA) is 61.1 Å². The van der Waals surface area contributed by atoms with Gasteiger partial charge in [-0.05, 0) is 41.5 Å². The Morgan fingerprint density at radius 3 is 2.47 bits per heavy atom. The second kappa shape index (κ2) is 5.31. The molecule has 2 aromatic carbocycles. The Bertz CT molecular complexity index is 705. The van der Waals surface area contributed by atoms with Gasteiger partial charge in [0.05, 0.1) is 16.1 Å². The van der Waals surface area contributed by atoms with E-state index in [4.69, 9.17) is 33.6 Å². The highest BCUT2D eigenvalue weighted by atomic mass is 35.5. The molecule has 3 nitrogen and oxygen atoms in total. The summed E-state index contributed by atoms with van der Waals surface area (Å²) in [5.74, 6) is -1.06. The zero-order chi connectivity index (χ0) is 14.0. The summed E-state index contributed by atoms with van der Waals surface area (Å²) in [6, 6.07) is 11.4. The van der Waals surface area contributed by atoms with Gasteiger partial charge in [-0.25, -0.2) is 4.79 Å². The monoisotopic (exact) mass is 291 g/mol. The van der Waals surface area contributed by atoms with Gasteiger partial charge in [0.1, 0.15) is 6.07 Å². The Morgan fingerprint density at radius 2 is 1.84 bits per heavy atom. The summed E-state index contributed by atoms with van der Waals surface area (Å²) >= 11 is 11.7. The first-order valence-corrected chi connectivity index (χ1v) is 6.01. The molecule has 0 aliphatic heterocycles. The van der Waals surface area contributed by atoms with Crippen LogP contribution < -0.4 is 0 Å². The number of carboxylic acids is 1. The smallest absolute Gasteiger partial charge is 0.335 e. The first-order valence-electron chi connectivity index (χ1n) is 5.25. The highest BCUT2D eigenvalue weighted by molar-refractivity contribution is 6.32. The minimum absolute atomic E-state index is 0.0935. The van der Waals surface area contributed by atoms with Crippen LogP contribution in [0.3, 0.4) is 0 Å². The van der Waals surface area contributed by atoms with Gasteiger partial charge in [0.25, 0.3) is 0 Å². The fourth-order valence-electron chi connectivity index (χ4n) is 1.67. The van der Waals surface area contributed by atoms with Crippen molar-refractivity contribution in [3.05, 3.63) is 57.6 Å². The van der Waals surface area contributed by atoms with Crippen LogP contribution in [0.4, 0.5) is 0 Å². The molecular weight excluding hydrogens is 285 g/mol. The van der Waals surface area contributed by atoms with Crippen LogP contribution in [0.25, 0.3) is 11.1 Å². The van der Waals surface area contributed by atoms with Gasteiger partial charge in [-0.1, -0.05) is 29.3 Å². The molecule has 5 heteroatoms. The van der Waals surface area contributed by atoms with Gasteiger partial charge in [0, 0.05) is 5.02 Å². The summed E-state index contributed by atoms with van der Waals surface area (Å²) in [4.78, 5) is 11.0. The van der Waals surface area contributed by atoms with Crippen molar-refractivity contribution in [3.8, 4) is 17.2 Å². The summed E-state index contributed by atoms with van der Waals surface area (Å²) in [7, 11) is 0. The van der Waals surface area contributed by atoms with Crippen molar-refractivity contribution < 1.29 is 9.90 Å². The lowest BCUT2D eigenvalue weighted by atomic mass is 10.0. The summed E-state index contributed by atoms with van der Waals surface area (Å²) in [6.07, 6.45) is 0. The highest BCUT2D eigenvalue weighted by Gasteiger charge is 2.09. The first-order chi connectivity index (χ1) is 9.01. The van der Waals surface area contributed by atoms with Gasteiger partial charge >= 0.3 is 5.97 Å². The third-order valence-corrected chi connectivity index (χ3v) is 3.11. The molecule has 0 fully saturated rings. The second-order valence-corrected chi connectivity index (χ2v) is 4.68. The average Bonchev–Trinajstić information content (AvgIpc) is 2.38. The number of benzene rings is 2. The van der Waals surface area contributed by atoms with E-state index in [0.29, 0.717) is 26.7 Å². The summed E-state index contributed by atoms with van der Waals surface area (Å²) in [5.41, 5.74) is 1.73. The van der Waals surface area contributed by atoms with Crippen molar-refractivity contribution in [1.82, 2.24) is 0 Å². The molecule has 0 aliphatic rings. The Hall–Kier alpha value is -2.02. The van der Waals surface area contributed by atoms with Crippen LogP contribution in [0, 0.1) is 11.3 Å². The highest BCUT2D eigenvalue weighted by Crippen LogP contribution is 2.28. The number of halogens is 2. The molecule has 0 amide bonds. The van der Waals surface area contributed by atoms with Crippen molar-refractivity contribution in [2.24, 2.45) is 0 Å². The summed E-state index contributed by atoms with van der Waals surface area (Å²) in [6.45, 7) is 0. The van der Waals surface area contributed by atoms with Crippen LogP contribution in [-0.4, -0.2) is 11.1 Å². The van der Waals surface area contributed by atoms with Crippen molar-refractivity contribution in [3.63, 3.8) is 0 Å². The van der Waals surface area contributed by atoms with Crippen LogP contribution in [0.1, 0.15) is 15.9 Å². The van der Waals surface area contributed by atoms with Crippen LogP contribution in [0.15, 0.2) is 36.4 Å². The second-order valence-electron chi connectivity index (χ2n) is 3.84. The Kier molecular flexibility index (Phi) is 3.75. The molecule has 19 heavy (non-hydrogen) atoms. The Balaban J connectivity index is 2.59. The minimum atomic E-state index is -1.06. The standard InChI is InChI=1S/C14H7Cl2NO2/c15-12-5-9(4-10(6-12)14(18)19)8-1-2-13(16)11(3-8)7-17/h1-6H,(H,18,19). The molecule has 0 spiro atoms. The number of hydrogen-bond acceptors (Lipinski definition) is 2. The minimum Gasteiger partial charge on any atom is -0.478 e. The number of nitrogens with zero attached hydrogens (tertiary/aromatic N) is 1. The van der Waals surface area contributed by atoms with E-state index < -0.39 is 5.97 Å². The van der Waals surface area contributed by atoms with Gasteiger partial charge in [0.2, 0.25) is 0 Å². The van der Waals surface area contributed by atoms with Gasteiger partial charge in [-0.2, -0.15) is 5.26 Å². The van der Waals surface area contributed by atoms with Crippen LogP contribution in [-0.2, 0) is 0 Å². The zero-order valence-electron chi connectivity index (χ0n) is 9.52. The van der Waals surface area contributed by atoms with Crippen molar-refractivity contribution in [2.45, 2.75) is 0 Å². The number of aromatic carboxylic acids is 1. The molecule has 2 aromatic rings. The van der Waals surface area contributed by atoms with Crippen molar-refractivity contribution in [1.29, 1.82) is 5.26 Å². The van der Waals surface area contributed by atoms with Gasteiger partial charge in [-0.3, -0.25) is 0 Å². The lowest BCUT2D eigenvalue weighted by molar-refractivity contribution is 0.0697. The molecule has 0 unspecified atom stereocenters. The molecule has 2 rings (SSSR count). The van der Waals surface area contributed by atoms with E-state index in [0.717, 1.165) is 0 Å². The molecular formula is C14H7Cl2NO2. The molecule has 94 valence electrons. The van der Waals surface area contributed by atoms with Crippen LogP contribution in [0.5, 0.6) is 0 Å². The predicted octanol–water partition coefficient (Wildman–Crippen LogP) is 4.23. The van der Waals surface area contributed by atoms with E-state index in [1.807, 2.05) is 6.07 Å². The van der Waals surface area contributed by atoms with E-state index in [-0.39, 0.29) is 5.56 Å². The molecule has 0 saturated carbocycles. The molecule has 0 saturated heterocycles. The molecule has 0 aromatic heterocycles. The SMILES string of the molecule is N#Cc1cc(-c2cc(Cl)cc(C(=O)O)c2)ccc1Cl. The third-order valence-electron chi connectivity index (χ3n) is 2.56. The summed E-state index contributed by atoms with van der Waals surface area (Å²) in [5, 5.41) is 18.6. The normalized spacial score (nSPS) is 9.95. The maximum absolute atomic E-state index is 11.0. The molecule has 0 aliphatic carbocycles. The van der Waals surface area contributed by atoms with Gasteiger partial charge in [-0.15, -0.1) is 0 Å².